The molecule has 140 valence electrons. The van der Waals surface area contributed by atoms with Gasteiger partial charge in [-0.3, -0.25) is 14.9 Å². The topological polar surface area (TPSA) is 105 Å². The lowest BCUT2D eigenvalue weighted by Crippen LogP contribution is -2.45. The summed E-state index contributed by atoms with van der Waals surface area (Å²) in [5, 5.41) is 16.4. The van der Waals surface area contributed by atoms with E-state index in [2.05, 4.69) is 10.6 Å². The number of nitrogens with zero attached hydrogens (tertiary/aromatic N) is 2. The van der Waals surface area contributed by atoms with E-state index in [1.54, 1.807) is 23.1 Å². The SMILES string of the molecule is O=C(Nc1cccc([N+](=O)[O-])c1)C1CCCN(C(=O)Nc2ccccc2)C1. The Morgan fingerprint density at radius 2 is 1.78 bits per heavy atom. The first-order valence-corrected chi connectivity index (χ1v) is 8.69. The second-order valence-corrected chi connectivity index (χ2v) is 6.38. The highest BCUT2D eigenvalue weighted by molar-refractivity contribution is 5.94. The molecule has 1 aliphatic rings. The summed E-state index contributed by atoms with van der Waals surface area (Å²) in [4.78, 5) is 36.9. The van der Waals surface area contributed by atoms with Crippen LogP contribution in [0.3, 0.4) is 0 Å². The average Bonchev–Trinajstić information content (AvgIpc) is 2.69. The summed E-state index contributed by atoms with van der Waals surface area (Å²) in [5.41, 5.74) is 0.992. The number of benzene rings is 2. The van der Waals surface area contributed by atoms with Gasteiger partial charge in [0.25, 0.3) is 5.69 Å². The molecule has 0 aromatic heterocycles. The number of piperidine rings is 1. The number of non-ortho nitro benzene ring substituents is 1. The highest BCUT2D eigenvalue weighted by Gasteiger charge is 2.28. The Labute approximate surface area is 156 Å². The van der Waals surface area contributed by atoms with Gasteiger partial charge in [-0.1, -0.05) is 24.3 Å². The van der Waals surface area contributed by atoms with Gasteiger partial charge in [-0.05, 0) is 31.0 Å². The van der Waals surface area contributed by atoms with Crippen molar-refractivity contribution in [2.45, 2.75) is 12.8 Å². The smallest absolute Gasteiger partial charge is 0.321 e. The van der Waals surface area contributed by atoms with Gasteiger partial charge in [0.1, 0.15) is 0 Å². The summed E-state index contributed by atoms with van der Waals surface area (Å²) in [7, 11) is 0. The molecule has 1 saturated heterocycles. The number of carbonyl (C=O) groups is 2. The van der Waals surface area contributed by atoms with Crippen molar-refractivity contribution < 1.29 is 14.5 Å². The Bertz CT molecular complexity index is 841. The molecular weight excluding hydrogens is 348 g/mol. The summed E-state index contributed by atoms with van der Waals surface area (Å²) in [6.07, 6.45) is 1.38. The molecule has 1 fully saturated rings. The lowest BCUT2D eigenvalue weighted by molar-refractivity contribution is -0.384. The van der Waals surface area contributed by atoms with E-state index in [0.717, 1.165) is 6.42 Å². The number of anilines is 2. The lowest BCUT2D eigenvalue weighted by Gasteiger charge is -2.32. The highest BCUT2D eigenvalue weighted by Crippen LogP contribution is 2.22. The van der Waals surface area contributed by atoms with Gasteiger partial charge in [0.05, 0.1) is 10.8 Å². The third kappa shape index (κ3) is 4.81. The fraction of sp³-hybridized carbons (Fsp3) is 0.263. The zero-order chi connectivity index (χ0) is 19.2. The Hall–Kier alpha value is -3.42. The highest BCUT2D eigenvalue weighted by atomic mass is 16.6. The van der Waals surface area contributed by atoms with Gasteiger partial charge in [0.2, 0.25) is 5.91 Å². The van der Waals surface area contributed by atoms with Crippen LogP contribution in [0.1, 0.15) is 12.8 Å². The monoisotopic (exact) mass is 368 g/mol. The number of nitro benzene ring substituents is 1. The average molecular weight is 368 g/mol. The van der Waals surface area contributed by atoms with Crippen LogP contribution in [0.2, 0.25) is 0 Å². The van der Waals surface area contributed by atoms with Crippen molar-refractivity contribution in [3.05, 3.63) is 64.7 Å². The molecule has 2 aromatic carbocycles. The van der Waals surface area contributed by atoms with Crippen LogP contribution in [-0.4, -0.2) is 34.9 Å². The fourth-order valence-corrected chi connectivity index (χ4v) is 3.04. The molecule has 0 aliphatic carbocycles. The first-order chi connectivity index (χ1) is 13.0. The van der Waals surface area contributed by atoms with E-state index in [4.69, 9.17) is 0 Å². The van der Waals surface area contributed by atoms with Crippen LogP contribution in [0.25, 0.3) is 0 Å². The maximum absolute atomic E-state index is 12.5. The standard InChI is InChI=1S/C19H20N4O4/c24-18(20-16-9-4-10-17(12-16)23(26)27)14-6-5-11-22(13-14)19(25)21-15-7-2-1-3-8-15/h1-4,7-10,12,14H,5-6,11,13H2,(H,20,24)(H,21,25). The van der Waals surface area contributed by atoms with Gasteiger partial charge in [-0.25, -0.2) is 4.79 Å². The lowest BCUT2D eigenvalue weighted by atomic mass is 9.97. The third-order valence-electron chi connectivity index (χ3n) is 4.43. The van der Waals surface area contributed by atoms with Gasteiger partial charge in [0, 0.05) is 36.6 Å². The second-order valence-electron chi connectivity index (χ2n) is 6.38. The van der Waals surface area contributed by atoms with E-state index >= 15 is 0 Å². The van der Waals surface area contributed by atoms with Crippen LogP contribution in [0.5, 0.6) is 0 Å². The fourth-order valence-electron chi connectivity index (χ4n) is 3.04. The predicted octanol–water partition coefficient (Wildman–Crippen LogP) is 3.48. The van der Waals surface area contributed by atoms with Crippen molar-refractivity contribution in [3.63, 3.8) is 0 Å². The molecule has 0 radical (unpaired) electrons. The first-order valence-electron chi connectivity index (χ1n) is 8.69. The van der Waals surface area contributed by atoms with Crippen molar-refractivity contribution in [3.8, 4) is 0 Å². The minimum Gasteiger partial charge on any atom is -0.326 e. The summed E-state index contributed by atoms with van der Waals surface area (Å²) in [6, 6.07) is 14.7. The molecule has 1 atom stereocenters. The molecule has 0 saturated carbocycles. The molecule has 1 unspecified atom stereocenters. The van der Waals surface area contributed by atoms with E-state index in [0.29, 0.717) is 30.9 Å². The first kappa shape index (κ1) is 18.4. The maximum atomic E-state index is 12.5. The number of nitro groups is 1. The van der Waals surface area contributed by atoms with Crippen molar-refractivity contribution in [2.75, 3.05) is 23.7 Å². The number of carbonyl (C=O) groups excluding carboxylic acids is 2. The minimum absolute atomic E-state index is 0.0830. The zero-order valence-electron chi connectivity index (χ0n) is 14.6. The Kier molecular flexibility index (Phi) is 5.65. The molecule has 8 heteroatoms. The predicted molar refractivity (Wildman–Crippen MR) is 101 cm³/mol. The number of rotatable bonds is 4. The zero-order valence-corrected chi connectivity index (χ0v) is 14.6. The summed E-state index contributed by atoms with van der Waals surface area (Å²) in [6.45, 7) is 0.888. The Morgan fingerprint density at radius 3 is 2.52 bits per heavy atom. The van der Waals surface area contributed by atoms with Gasteiger partial charge >= 0.3 is 6.03 Å². The second kappa shape index (κ2) is 8.31. The van der Waals surface area contributed by atoms with Gasteiger partial charge < -0.3 is 15.5 Å². The van der Waals surface area contributed by atoms with Crippen molar-refractivity contribution >= 4 is 29.0 Å². The molecule has 27 heavy (non-hydrogen) atoms. The van der Waals surface area contributed by atoms with Crippen LogP contribution in [0.4, 0.5) is 21.9 Å². The van der Waals surface area contributed by atoms with Crippen molar-refractivity contribution in [1.82, 2.24) is 4.90 Å². The number of hydrogen-bond acceptors (Lipinski definition) is 4. The van der Waals surface area contributed by atoms with Crippen LogP contribution in [0.15, 0.2) is 54.6 Å². The summed E-state index contributed by atoms with van der Waals surface area (Å²) in [5.74, 6) is -0.604. The number of nitrogens with one attached hydrogen (secondary N) is 2. The molecule has 0 bridgehead atoms. The molecule has 2 aromatic rings. The van der Waals surface area contributed by atoms with Crippen molar-refractivity contribution in [2.24, 2.45) is 5.92 Å². The van der Waals surface area contributed by atoms with E-state index in [1.807, 2.05) is 18.2 Å². The number of hydrogen-bond donors (Lipinski definition) is 2. The molecular formula is C19H20N4O4. The molecule has 1 heterocycles. The van der Waals surface area contributed by atoms with Gasteiger partial charge in [0.15, 0.2) is 0 Å². The minimum atomic E-state index is -0.508. The third-order valence-corrected chi connectivity index (χ3v) is 4.43. The molecule has 2 N–H and O–H groups in total. The van der Waals surface area contributed by atoms with Crippen LogP contribution in [-0.2, 0) is 4.79 Å². The van der Waals surface area contributed by atoms with E-state index in [-0.39, 0.29) is 23.5 Å². The largest absolute Gasteiger partial charge is 0.326 e. The van der Waals surface area contributed by atoms with E-state index < -0.39 is 4.92 Å². The van der Waals surface area contributed by atoms with E-state index in [1.165, 1.54) is 18.2 Å². The summed E-state index contributed by atoms with van der Waals surface area (Å²) < 4.78 is 0. The number of likely N-dealkylation sites (tertiary alicyclic amines) is 1. The van der Waals surface area contributed by atoms with Crippen LogP contribution >= 0.6 is 0 Å². The Morgan fingerprint density at radius 1 is 1.04 bits per heavy atom. The van der Waals surface area contributed by atoms with Crippen molar-refractivity contribution in [1.29, 1.82) is 0 Å². The normalized spacial score (nSPS) is 16.4. The number of para-hydroxylation sites is 1. The molecule has 0 spiro atoms. The number of urea groups is 1. The van der Waals surface area contributed by atoms with Crippen LogP contribution < -0.4 is 10.6 Å². The Balaban J connectivity index is 1.60. The van der Waals surface area contributed by atoms with Gasteiger partial charge in [-0.15, -0.1) is 0 Å². The molecule has 3 rings (SSSR count). The van der Waals surface area contributed by atoms with E-state index in [9.17, 15) is 19.7 Å². The summed E-state index contributed by atoms with van der Waals surface area (Å²) >= 11 is 0. The number of amides is 3. The molecule has 1 aliphatic heterocycles. The maximum Gasteiger partial charge on any atom is 0.321 e. The molecule has 3 amide bonds. The van der Waals surface area contributed by atoms with Gasteiger partial charge in [-0.2, -0.15) is 0 Å². The van der Waals surface area contributed by atoms with Crippen LogP contribution in [0, 0.1) is 16.0 Å². The molecule has 8 nitrogen and oxygen atoms in total. The quantitative estimate of drug-likeness (QED) is 0.637.